The quantitative estimate of drug-likeness (QED) is 0.260. The molecule has 0 unspecified atom stereocenters. The van der Waals surface area contributed by atoms with E-state index in [9.17, 15) is 26.3 Å². The zero-order valence-electron chi connectivity index (χ0n) is 16.0. The molecule has 0 aliphatic carbocycles. The molecule has 0 saturated carbocycles. The number of carboxylic acids is 1. The number of aryl methyl sites for hydroxylation is 2. The van der Waals surface area contributed by atoms with Crippen molar-refractivity contribution in [2.75, 3.05) is 0 Å². The first-order chi connectivity index (χ1) is 13.3. The number of rotatable bonds is 0. The Labute approximate surface area is 185 Å². The predicted molar refractivity (Wildman–Crippen MR) is 94.9 cm³/mol. The van der Waals surface area contributed by atoms with E-state index in [1.165, 1.54) is 29.3 Å². The van der Waals surface area contributed by atoms with Crippen LogP contribution < -0.4 is 5.11 Å². The van der Waals surface area contributed by atoms with E-state index in [0.717, 1.165) is 6.07 Å². The second-order valence-corrected chi connectivity index (χ2v) is 5.48. The van der Waals surface area contributed by atoms with Gasteiger partial charge in [-0.05, 0) is 0 Å². The summed E-state index contributed by atoms with van der Waals surface area (Å²) >= 11 is 0. The average Bonchev–Trinajstić information content (AvgIpc) is 3.29. The maximum atomic E-state index is 11.8. The van der Waals surface area contributed by atoms with Gasteiger partial charge < -0.3 is 9.90 Å². The van der Waals surface area contributed by atoms with Crippen molar-refractivity contribution in [3.63, 3.8) is 0 Å². The van der Waals surface area contributed by atoms with E-state index in [1.807, 2.05) is 24.3 Å². The zero-order chi connectivity index (χ0) is 22.5. The van der Waals surface area contributed by atoms with Gasteiger partial charge in [0.1, 0.15) is 5.97 Å². The second kappa shape index (κ2) is 14.6. The molecule has 3 rings (SSSR count). The summed E-state index contributed by atoms with van der Waals surface area (Å²) < 4.78 is 66.8. The first-order valence-corrected chi connectivity index (χ1v) is 8.02. The van der Waals surface area contributed by atoms with E-state index in [-0.39, 0.29) is 21.7 Å². The molecular weight excluding hydrogens is 446 g/mol. The van der Waals surface area contributed by atoms with Gasteiger partial charge in [0, 0.05) is 0 Å². The number of carbonyl (C=O) groups excluding carboxylic acids is 1. The molecule has 0 aliphatic rings. The first kappa shape index (κ1) is 29.9. The molecule has 0 heterocycles. The fraction of sp³-hybridized carbons (Fsp3) is 0.190. The molecule has 160 valence electrons. The van der Waals surface area contributed by atoms with Crippen molar-refractivity contribution in [3.8, 4) is 0 Å². The summed E-state index contributed by atoms with van der Waals surface area (Å²) in [6, 6.07) is 23.6. The number of halogens is 6. The van der Waals surface area contributed by atoms with Crippen LogP contribution in [0.5, 0.6) is 0 Å². The number of alkyl halides is 6. The van der Waals surface area contributed by atoms with E-state index in [4.69, 9.17) is 9.90 Å². The summed E-state index contributed by atoms with van der Waals surface area (Å²) in [4.78, 5) is 8.78. The maximum Gasteiger partial charge on any atom is 4.00 e. The van der Waals surface area contributed by atoms with Crippen LogP contribution in [0.1, 0.15) is 16.7 Å². The number of aliphatic carboxylic acids is 1. The van der Waals surface area contributed by atoms with Gasteiger partial charge in [-0.15, -0.1) is 0 Å². The fourth-order valence-corrected chi connectivity index (χ4v) is 1.51. The molecular formula is C21H18F6O2Ti. The summed E-state index contributed by atoms with van der Waals surface area (Å²) in [5.74, 6) is -3.01. The van der Waals surface area contributed by atoms with Crippen LogP contribution in [0.2, 0.25) is 0 Å². The largest absolute Gasteiger partial charge is 4.00 e. The monoisotopic (exact) mass is 464 g/mol. The van der Waals surface area contributed by atoms with E-state index < -0.39 is 23.9 Å². The fourth-order valence-electron chi connectivity index (χ4n) is 1.51. The van der Waals surface area contributed by atoms with Crippen LogP contribution in [-0.4, -0.2) is 12.1 Å². The van der Waals surface area contributed by atoms with Gasteiger partial charge in [-0.2, -0.15) is 92.1 Å². The minimum absolute atomic E-state index is 0. The Morgan fingerprint density at radius 2 is 1.20 bits per heavy atom. The minimum Gasteiger partial charge on any atom is -0.542 e. The summed E-state index contributed by atoms with van der Waals surface area (Å²) in [6.07, 6.45) is -9.46. The number of carboxylic acid groups (broad SMARTS) is 1. The van der Waals surface area contributed by atoms with E-state index >= 15 is 0 Å². The normalized spacial score (nSPS) is 10.0. The van der Waals surface area contributed by atoms with Crippen LogP contribution >= 0.6 is 0 Å². The van der Waals surface area contributed by atoms with Crippen molar-refractivity contribution in [3.05, 3.63) is 95.6 Å². The predicted octanol–water partition coefficient (Wildman–Crippen LogP) is 5.23. The van der Waals surface area contributed by atoms with E-state index in [1.54, 1.807) is 0 Å². The van der Waals surface area contributed by atoms with Crippen molar-refractivity contribution in [2.24, 2.45) is 0 Å². The third kappa shape index (κ3) is 15.6. The van der Waals surface area contributed by atoms with Crippen molar-refractivity contribution in [1.82, 2.24) is 0 Å². The summed E-state index contributed by atoms with van der Waals surface area (Å²) in [5.41, 5.74) is 1.96. The van der Waals surface area contributed by atoms with Gasteiger partial charge in [-0.25, -0.2) is 24.3 Å². The molecule has 0 spiro atoms. The van der Waals surface area contributed by atoms with Crippen LogP contribution in [-0.2, 0) is 32.7 Å². The molecule has 0 saturated heterocycles. The Bertz CT molecular complexity index is 745. The molecule has 0 aliphatic heterocycles. The standard InChI is InChI=1S/C7H4F3.2C6H7.C2HF3O2.Ti/c8-7(9,10)6-4-2-1-3-5-6;2*1-6-4-2-3-5-6;3-2(4,5)1(6)7;/h1-4H;2*2-5H,1H3;(H,6,7);/q3*-1;;+4/p-1. The Hall–Kier alpha value is -2.32. The van der Waals surface area contributed by atoms with Gasteiger partial charge >= 0.3 is 34.1 Å². The van der Waals surface area contributed by atoms with Crippen LogP contribution in [0.15, 0.2) is 72.8 Å². The molecule has 0 atom stereocenters. The molecule has 3 aromatic rings. The smallest absolute Gasteiger partial charge is 0.542 e. The van der Waals surface area contributed by atoms with Gasteiger partial charge in [0.15, 0.2) is 0 Å². The maximum absolute atomic E-state index is 11.8. The molecule has 9 heteroatoms. The first-order valence-electron chi connectivity index (χ1n) is 8.02. The van der Waals surface area contributed by atoms with Gasteiger partial charge in [0.05, 0.1) is 0 Å². The van der Waals surface area contributed by atoms with Crippen LogP contribution in [0.25, 0.3) is 0 Å². The average molecular weight is 464 g/mol. The summed E-state index contributed by atoms with van der Waals surface area (Å²) in [5, 5.41) is 8.78. The van der Waals surface area contributed by atoms with Crippen LogP contribution in [0, 0.1) is 19.9 Å². The minimum atomic E-state index is -5.19. The number of benzene rings is 1. The molecule has 0 N–H and O–H groups in total. The Balaban J connectivity index is 0. The van der Waals surface area contributed by atoms with Gasteiger partial charge in [-0.3, -0.25) is 0 Å². The number of hydrogen-bond donors (Lipinski definition) is 0. The topological polar surface area (TPSA) is 40.1 Å². The number of hydrogen-bond acceptors (Lipinski definition) is 2. The second-order valence-electron chi connectivity index (χ2n) is 5.48. The molecule has 3 aromatic carbocycles. The SMILES string of the molecule is C[c-]1cccc1.C[c-]1cccc1.FC(F)(F)c1[c-]cccc1.O=C([O-])C(F)(F)F.[Ti+4]. The van der Waals surface area contributed by atoms with Gasteiger partial charge in [-0.1, -0.05) is 19.4 Å². The summed E-state index contributed by atoms with van der Waals surface area (Å²) in [7, 11) is 0. The third-order valence-electron chi connectivity index (χ3n) is 2.90. The van der Waals surface area contributed by atoms with Gasteiger partial charge in [0.25, 0.3) is 0 Å². The summed E-state index contributed by atoms with van der Waals surface area (Å²) in [6.45, 7) is 4.17. The van der Waals surface area contributed by atoms with Gasteiger partial charge in [0.2, 0.25) is 0 Å². The van der Waals surface area contributed by atoms with Crippen molar-refractivity contribution >= 4 is 5.97 Å². The van der Waals surface area contributed by atoms with Crippen molar-refractivity contribution in [2.45, 2.75) is 26.2 Å². The molecule has 0 aromatic heterocycles. The van der Waals surface area contributed by atoms with E-state index in [2.05, 4.69) is 44.2 Å². The van der Waals surface area contributed by atoms with Crippen LogP contribution in [0.4, 0.5) is 26.3 Å². The zero-order valence-corrected chi connectivity index (χ0v) is 17.6. The molecule has 0 amide bonds. The van der Waals surface area contributed by atoms with Crippen molar-refractivity contribution in [1.29, 1.82) is 0 Å². The Kier molecular flexibility index (Phi) is 14.6. The van der Waals surface area contributed by atoms with E-state index in [0.29, 0.717) is 0 Å². The molecule has 0 radical (unpaired) electrons. The molecule has 30 heavy (non-hydrogen) atoms. The Morgan fingerprint density at radius 1 is 0.833 bits per heavy atom. The van der Waals surface area contributed by atoms with Crippen LogP contribution in [0.3, 0.4) is 0 Å². The molecule has 0 fully saturated rings. The Morgan fingerprint density at radius 3 is 1.33 bits per heavy atom. The molecule has 0 bridgehead atoms. The molecule has 2 nitrogen and oxygen atoms in total. The van der Waals surface area contributed by atoms with Crippen molar-refractivity contribution < 1.29 is 58.0 Å². The number of carbonyl (C=O) groups is 1. The third-order valence-corrected chi connectivity index (χ3v) is 2.90.